The molecule has 1 fully saturated rings. The van der Waals surface area contributed by atoms with Gasteiger partial charge in [-0.3, -0.25) is 4.79 Å². The zero-order valence-corrected chi connectivity index (χ0v) is 8.60. The van der Waals surface area contributed by atoms with E-state index in [0.717, 1.165) is 25.8 Å². The maximum Gasteiger partial charge on any atom is 0.227 e. The first-order valence-electron chi connectivity index (χ1n) is 5.13. The number of rotatable bonds is 5. The van der Waals surface area contributed by atoms with Gasteiger partial charge >= 0.3 is 0 Å². The summed E-state index contributed by atoms with van der Waals surface area (Å²) in [6.45, 7) is 5.56. The van der Waals surface area contributed by atoms with Crippen molar-refractivity contribution in [3.8, 4) is 0 Å². The standard InChI is InChI=1S/C10H20N2O/c1-3-8(2)6-12-9(13)10(7-11)4-5-10/h8H,3-7,11H2,1-2H3,(H,12,13). The molecule has 0 aromatic heterocycles. The minimum atomic E-state index is -0.187. The van der Waals surface area contributed by atoms with Crippen LogP contribution in [0.3, 0.4) is 0 Å². The monoisotopic (exact) mass is 184 g/mol. The highest BCUT2D eigenvalue weighted by molar-refractivity contribution is 5.85. The average Bonchev–Trinajstić information content (AvgIpc) is 2.94. The molecule has 1 aliphatic carbocycles. The van der Waals surface area contributed by atoms with Gasteiger partial charge < -0.3 is 11.1 Å². The molecule has 1 saturated carbocycles. The van der Waals surface area contributed by atoms with Gasteiger partial charge in [0.1, 0.15) is 0 Å². The van der Waals surface area contributed by atoms with Gasteiger partial charge in [0.15, 0.2) is 0 Å². The largest absolute Gasteiger partial charge is 0.355 e. The van der Waals surface area contributed by atoms with Crippen molar-refractivity contribution in [3.05, 3.63) is 0 Å². The van der Waals surface area contributed by atoms with Crippen LogP contribution in [-0.2, 0) is 4.79 Å². The number of amides is 1. The normalized spacial score (nSPS) is 20.8. The molecule has 0 saturated heterocycles. The van der Waals surface area contributed by atoms with E-state index in [4.69, 9.17) is 5.73 Å². The van der Waals surface area contributed by atoms with E-state index < -0.39 is 0 Å². The fourth-order valence-corrected chi connectivity index (χ4v) is 1.27. The number of nitrogens with one attached hydrogen (secondary N) is 1. The Morgan fingerprint density at radius 3 is 2.62 bits per heavy atom. The van der Waals surface area contributed by atoms with Crippen molar-refractivity contribution < 1.29 is 4.79 Å². The fourth-order valence-electron chi connectivity index (χ4n) is 1.27. The van der Waals surface area contributed by atoms with E-state index in [2.05, 4.69) is 19.2 Å². The van der Waals surface area contributed by atoms with Crippen LogP contribution in [0.2, 0.25) is 0 Å². The Bertz CT molecular complexity index is 187. The lowest BCUT2D eigenvalue weighted by Crippen LogP contribution is -2.38. The van der Waals surface area contributed by atoms with Crippen LogP contribution < -0.4 is 11.1 Å². The summed E-state index contributed by atoms with van der Waals surface area (Å²) in [7, 11) is 0. The zero-order valence-electron chi connectivity index (χ0n) is 8.60. The van der Waals surface area contributed by atoms with Gasteiger partial charge in [-0.1, -0.05) is 20.3 Å². The molecule has 13 heavy (non-hydrogen) atoms. The number of nitrogens with two attached hydrogens (primary N) is 1. The summed E-state index contributed by atoms with van der Waals surface area (Å²) in [6.07, 6.45) is 3.04. The minimum absolute atomic E-state index is 0.162. The summed E-state index contributed by atoms with van der Waals surface area (Å²) in [5, 5.41) is 2.97. The van der Waals surface area contributed by atoms with E-state index in [1.165, 1.54) is 0 Å². The number of carbonyl (C=O) groups is 1. The van der Waals surface area contributed by atoms with Crippen molar-refractivity contribution in [2.45, 2.75) is 33.1 Å². The second-order valence-electron chi connectivity index (χ2n) is 4.21. The van der Waals surface area contributed by atoms with Gasteiger partial charge in [-0.2, -0.15) is 0 Å². The van der Waals surface area contributed by atoms with Crippen LogP contribution in [0.25, 0.3) is 0 Å². The van der Waals surface area contributed by atoms with Crippen molar-refractivity contribution in [2.75, 3.05) is 13.1 Å². The van der Waals surface area contributed by atoms with Gasteiger partial charge in [0.25, 0.3) is 0 Å². The zero-order chi connectivity index (χ0) is 9.90. The van der Waals surface area contributed by atoms with Gasteiger partial charge in [-0.25, -0.2) is 0 Å². The predicted octanol–water partition coefficient (Wildman–Crippen LogP) is 0.888. The third-order valence-electron chi connectivity index (χ3n) is 3.03. The van der Waals surface area contributed by atoms with Gasteiger partial charge in [-0.15, -0.1) is 0 Å². The third kappa shape index (κ3) is 2.44. The van der Waals surface area contributed by atoms with Crippen LogP contribution in [0.4, 0.5) is 0 Å². The summed E-state index contributed by atoms with van der Waals surface area (Å²) in [6, 6.07) is 0. The molecule has 1 rings (SSSR count). The molecule has 1 atom stereocenters. The Labute approximate surface area is 80.1 Å². The summed E-state index contributed by atoms with van der Waals surface area (Å²) in [5.74, 6) is 0.729. The van der Waals surface area contributed by atoms with Gasteiger partial charge in [0, 0.05) is 13.1 Å². The van der Waals surface area contributed by atoms with Gasteiger partial charge in [-0.05, 0) is 18.8 Å². The second-order valence-corrected chi connectivity index (χ2v) is 4.21. The number of hydrogen-bond donors (Lipinski definition) is 2. The van der Waals surface area contributed by atoms with E-state index in [-0.39, 0.29) is 11.3 Å². The lowest BCUT2D eigenvalue weighted by molar-refractivity contribution is -0.126. The predicted molar refractivity (Wildman–Crippen MR) is 53.2 cm³/mol. The number of carbonyl (C=O) groups excluding carboxylic acids is 1. The smallest absolute Gasteiger partial charge is 0.227 e. The summed E-state index contributed by atoms with van der Waals surface area (Å²) in [4.78, 5) is 11.6. The van der Waals surface area contributed by atoms with Crippen molar-refractivity contribution >= 4 is 5.91 Å². The average molecular weight is 184 g/mol. The van der Waals surface area contributed by atoms with Crippen molar-refractivity contribution in [1.29, 1.82) is 0 Å². The van der Waals surface area contributed by atoms with Gasteiger partial charge in [0.05, 0.1) is 5.41 Å². The first-order valence-corrected chi connectivity index (χ1v) is 5.13. The highest BCUT2D eigenvalue weighted by atomic mass is 16.2. The fraction of sp³-hybridized carbons (Fsp3) is 0.900. The van der Waals surface area contributed by atoms with E-state index in [1.807, 2.05) is 0 Å². The highest BCUT2D eigenvalue weighted by Gasteiger charge is 2.48. The molecule has 0 heterocycles. The molecular weight excluding hydrogens is 164 g/mol. The summed E-state index contributed by atoms with van der Waals surface area (Å²) < 4.78 is 0. The molecule has 76 valence electrons. The molecule has 0 bridgehead atoms. The molecule has 0 aromatic rings. The third-order valence-corrected chi connectivity index (χ3v) is 3.03. The molecule has 3 N–H and O–H groups in total. The SMILES string of the molecule is CCC(C)CNC(=O)C1(CN)CC1. The van der Waals surface area contributed by atoms with Crippen LogP contribution >= 0.6 is 0 Å². The van der Waals surface area contributed by atoms with Crippen LogP contribution in [0.5, 0.6) is 0 Å². The van der Waals surface area contributed by atoms with E-state index in [9.17, 15) is 4.79 Å². The maximum absolute atomic E-state index is 11.6. The molecule has 1 aliphatic rings. The molecule has 0 radical (unpaired) electrons. The van der Waals surface area contributed by atoms with E-state index in [1.54, 1.807) is 0 Å². The molecule has 3 heteroatoms. The molecule has 0 aromatic carbocycles. The first-order chi connectivity index (χ1) is 6.14. The second kappa shape index (κ2) is 4.09. The Hall–Kier alpha value is -0.570. The van der Waals surface area contributed by atoms with Crippen LogP contribution in [0.15, 0.2) is 0 Å². The molecule has 0 spiro atoms. The number of hydrogen-bond acceptors (Lipinski definition) is 2. The topological polar surface area (TPSA) is 55.1 Å². The Kier molecular flexibility index (Phi) is 3.31. The molecule has 3 nitrogen and oxygen atoms in total. The lowest BCUT2D eigenvalue weighted by atomic mass is 10.1. The highest BCUT2D eigenvalue weighted by Crippen LogP contribution is 2.44. The van der Waals surface area contributed by atoms with Crippen molar-refractivity contribution in [1.82, 2.24) is 5.32 Å². The quantitative estimate of drug-likeness (QED) is 0.666. The molecule has 1 amide bonds. The lowest BCUT2D eigenvalue weighted by Gasteiger charge is -2.15. The Balaban J connectivity index is 2.26. The van der Waals surface area contributed by atoms with Crippen molar-refractivity contribution in [3.63, 3.8) is 0 Å². The Morgan fingerprint density at radius 1 is 1.62 bits per heavy atom. The van der Waals surface area contributed by atoms with Crippen LogP contribution in [0.1, 0.15) is 33.1 Å². The molecule has 1 unspecified atom stereocenters. The van der Waals surface area contributed by atoms with Crippen molar-refractivity contribution in [2.24, 2.45) is 17.1 Å². The van der Waals surface area contributed by atoms with E-state index >= 15 is 0 Å². The summed E-state index contributed by atoms with van der Waals surface area (Å²) in [5.41, 5.74) is 5.36. The van der Waals surface area contributed by atoms with Gasteiger partial charge in [0.2, 0.25) is 5.91 Å². The van der Waals surface area contributed by atoms with E-state index in [0.29, 0.717) is 12.5 Å². The minimum Gasteiger partial charge on any atom is -0.355 e. The van der Waals surface area contributed by atoms with Crippen LogP contribution in [0, 0.1) is 11.3 Å². The maximum atomic E-state index is 11.6. The molecule has 0 aliphatic heterocycles. The first kappa shape index (κ1) is 10.5. The summed E-state index contributed by atoms with van der Waals surface area (Å²) >= 11 is 0. The molecular formula is C10H20N2O. The Morgan fingerprint density at radius 2 is 2.23 bits per heavy atom. The van der Waals surface area contributed by atoms with Crippen LogP contribution in [-0.4, -0.2) is 19.0 Å².